The van der Waals surface area contributed by atoms with E-state index in [1.165, 1.54) is 18.3 Å². The van der Waals surface area contributed by atoms with E-state index in [-0.39, 0.29) is 11.6 Å². The maximum atomic E-state index is 13.8. The van der Waals surface area contributed by atoms with Crippen molar-refractivity contribution in [3.8, 4) is 0 Å². The first-order valence-corrected chi connectivity index (χ1v) is 12.7. The minimum atomic E-state index is -4.47. The van der Waals surface area contributed by atoms with E-state index in [1.54, 1.807) is 17.0 Å². The van der Waals surface area contributed by atoms with Gasteiger partial charge in [0.15, 0.2) is 0 Å². The maximum absolute atomic E-state index is 13.8. The van der Waals surface area contributed by atoms with E-state index in [2.05, 4.69) is 19.7 Å². The Hall–Kier alpha value is -3.67. The van der Waals surface area contributed by atoms with Crippen LogP contribution in [-0.2, 0) is 17.3 Å². The van der Waals surface area contributed by atoms with Gasteiger partial charge in [-0.2, -0.15) is 23.1 Å². The molecule has 2 aromatic heterocycles. The third-order valence-electron chi connectivity index (χ3n) is 7.19. The number of ether oxygens (including phenoxy) is 1. The first-order chi connectivity index (χ1) is 18.4. The molecule has 0 atom stereocenters. The van der Waals surface area contributed by atoms with E-state index in [4.69, 9.17) is 14.7 Å². The molecule has 5 heterocycles. The second kappa shape index (κ2) is 9.90. The van der Waals surface area contributed by atoms with Crippen molar-refractivity contribution in [2.45, 2.75) is 12.6 Å². The normalized spacial score (nSPS) is 18.2. The lowest BCUT2D eigenvalue weighted by molar-refractivity contribution is -0.137. The van der Waals surface area contributed by atoms with Crippen LogP contribution in [0.3, 0.4) is 0 Å². The zero-order valence-corrected chi connectivity index (χ0v) is 20.7. The average Bonchev–Trinajstić information content (AvgIpc) is 3.36. The van der Waals surface area contributed by atoms with E-state index < -0.39 is 11.7 Å². The van der Waals surface area contributed by atoms with Gasteiger partial charge in [-0.25, -0.2) is 9.37 Å². The van der Waals surface area contributed by atoms with Gasteiger partial charge in [-0.3, -0.25) is 0 Å². The second-order valence-electron chi connectivity index (χ2n) is 9.50. The molecule has 0 spiro atoms. The molecule has 12 heteroatoms. The second-order valence-corrected chi connectivity index (χ2v) is 9.50. The van der Waals surface area contributed by atoms with Crippen LogP contribution in [-0.4, -0.2) is 74.0 Å². The van der Waals surface area contributed by atoms with Crippen LogP contribution in [0, 0.1) is 5.82 Å². The molecule has 0 radical (unpaired) electrons. The summed E-state index contributed by atoms with van der Waals surface area (Å²) in [5, 5.41) is 0. The highest BCUT2D eigenvalue weighted by Crippen LogP contribution is 2.37. The van der Waals surface area contributed by atoms with Gasteiger partial charge in [0.05, 0.1) is 18.8 Å². The van der Waals surface area contributed by atoms with Crippen molar-refractivity contribution in [2.24, 2.45) is 0 Å². The van der Waals surface area contributed by atoms with E-state index in [0.29, 0.717) is 83.0 Å². The Morgan fingerprint density at radius 3 is 2.29 bits per heavy atom. The number of benzene rings is 1. The van der Waals surface area contributed by atoms with Crippen molar-refractivity contribution in [3.63, 3.8) is 0 Å². The molecule has 3 aliphatic rings. The molecule has 0 aliphatic carbocycles. The lowest BCUT2D eigenvalue weighted by atomic mass is 10.2. The number of fused-ring (bicyclic) bond motifs is 1. The van der Waals surface area contributed by atoms with Gasteiger partial charge in [0, 0.05) is 63.8 Å². The van der Waals surface area contributed by atoms with Crippen molar-refractivity contribution in [1.29, 1.82) is 0 Å². The van der Waals surface area contributed by atoms with Gasteiger partial charge in [-0.15, -0.1) is 0 Å². The Balaban J connectivity index is 1.28. The van der Waals surface area contributed by atoms with Gasteiger partial charge >= 0.3 is 6.18 Å². The molecule has 8 nitrogen and oxygen atoms in total. The topological polar surface area (TPSA) is 60.9 Å². The summed E-state index contributed by atoms with van der Waals surface area (Å²) in [7, 11) is 0. The zero-order valence-electron chi connectivity index (χ0n) is 20.7. The molecular formula is C26H27F4N7O. The number of rotatable bonds is 4. The van der Waals surface area contributed by atoms with Gasteiger partial charge < -0.3 is 24.3 Å². The van der Waals surface area contributed by atoms with Crippen molar-refractivity contribution in [1.82, 2.24) is 15.0 Å². The van der Waals surface area contributed by atoms with Crippen LogP contribution in [0.5, 0.6) is 0 Å². The summed E-state index contributed by atoms with van der Waals surface area (Å²) in [4.78, 5) is 21.7. The van der Waals surface area contributed by atoms with Gasteiger partial charge in [-0.1, -0.05) is 0 Å². The first-order valence-electron chi connectivity index (χ1n) is 12.7. The van der Waals surface area contributed by atoms with Crippen LogP contribution in [0.25, 0.3) is 0 Å². The van der Waals surface area contributed by atoms with E-state index in [1.807, 2.05) is 6.07 Å². The lowest BCUT2D eigenvalue weighted by Crippen LogP contribution is -2.48. The Morgan fingerprint density at radius 1 is 0.789 bits per heavy atom. The first kappa shape index (κ1) is 24.7. The summed E-state index contributed by atoms with van der Waals surface area (Å²) in [5.41, 5.74) is 1.13. The number of anilines is 5. The minimum absolute atomic E-state index is 0.0436. The third kappa shape index (κ3) is 4.80. The molecule has 0 amide bonds. The molecular weight excluding hydrogens is 502 g/mol. The average molecular weight is 530 g/mol. The molecule has 2 saturated heterocycles. The van der Waals surface area contributed by atoms with Gasteiger partial charge in [0.2, 0.25) is 5.95 Å². The fourth-order valence-corrected chi connectivity index (χ4v) is 5.24. The number of halogens is 4. The fourth-order valence-electron chi connectivity index (χ4n) is 5.24. The quantitative estimate of drug-likeness (QED) is 0.472. The van der Waals surface area contributed by atoms with Crippen molar-refractivity contribution >= 4 is 29.1 Å². The van der Waals surface area contributed by atoms with Crippen LogP contribution < -0.4 is 19.6 Å². The molecule has 0 saturated carbocycles. The predicted octanol–water partition coefficient (Wildman–Crippen LogP) is 3.89. The molecule has 1 aromatic carbocycles. The highest BCUT2D eigenvalue weighted by Gasteiger charge is 2.36. The van der Waals surface area contributed by atoms with Crippen molar-refractivity contribution < 1.29 is 22.3 Å². The SMILES string of the molecule is Fc1ccc2c(c1)CCN2c1cc(N2CCN(c3ncccc3C(F)(F)F)CC2)nc(N2CCOCC2)n1. The summed E-state index contributed by atoms with van der Waals surface area (Å²) in [6.07, 6.45) is -2.37. The smallest absolute Gasteiger partial charge is 0.378 e. The summed E-state index contributed by atoms with van der Waals surface area (Å²) in [6, 6.07) is 9.08. The van der Waals surface area contributed by atoms with Gasteiger partial charge in [0.25, 0.3) is 0 Å². The number of pyridine rings is 1. The monoisotopic (exact) mass is 529 g/mol. The molecule has 6 rings (SSSR count). The summed E-state index contributed by atoms with van der Waals surface area (Å²) in [6.45, 7) is 4.87. The van der Waals surface area contributed by atoms with Crippen molar-refractivity contribution in [3.05, 3.63) is 59.5 Å². The minimum Gasteiger partial charge on any atom is -0.378 e. The molecule has 0 N–H and O–H groups in total. The maximum Gasteiger partial charge on any atom is 0.419 e. The molecule has 200 valence electrons. The molecule has 0 bridgehead atoms. The van der Waals surface area contributed by atoms with E-state index in [0.717, 1.165) is 17.3 Å². The molecule has 38 heavy (non-hydrogen) atoms. The van der Waals surface area contributed by atoms with Crippen LogP contribution in [0.2, 0.25) is 0 Å². The molecule has 3 aliphatic heterocycles. The molecule has 0 unspecified atom stereocenters. The lowest BCUT2D eigenvalue weighted by Gasteiger charge is -2.37. The summed E-state index contributed by atoms with van der Waals surface area (Å²) in [5.74, 6) is 1.71. The summed E-state index contributed by atoms with van der Waals surface area (Å²) >= 11 is 0. The number of piperazine rings is 1. The third-order valence-corrected chi connectivity index (χ3v) is 7.19. The van der Waals surface area contributed by atoms with Gasteiger partial charge in [-0.05, 0) is 42.3 Å². The number of aromatic nitrogens is 3. The number of hydrogen-bond donors (Lipinski definition) is 0. The molecule has 3 aromatic rings. The van der Waals surface area contributed by atoms with Crippen LogP contribution in [0.1, 0.15) is 11.1 Å². The summed E-state index contributed by atoms with van der Waals surface area (Å²) < 4.78 is 60.0. The van der Waals surface area contributed by atoms with Crippen LogP contribution >= 0.6 is 0 Å². The highest BCUT2D eigenvalue weighted by atomic mass is 19.4. The highest BCUT2D eigenvalue weighted by molar-refractivity contribution is 5.70. The van der Waals surface area contributed by atoms with E-state index >= 15 is 0 Å². The largest absolute Gasteiger partial charge is 0.419 e. The van der Waals surface area contributed by atoms with Gasteiger partial charge in [0.1, 0.15) is 23.3 Å². The van der Waals surface area contributed by atoms with Crippen molar-refractivity contribution in [2.75, 3.05) is 78.6 Å². The fraction of sp³-hybridized carbons (Fsp3) is 0.423. The Kier molecular flexibility index (Phi) is 6.42. The predicted molar refractivity (Wildman–Crippen MR) is 136 cm³/mol. The zero-order chi connectivity index (χ0) is 26.3. The van der Waals surface area contributed by atoms with E-state index in [9.17, 15) is 17.6 Å². The van der Waals surface area contributed by atoms with Crippen LogP contribution in [0.4, 0.5) is 46.7 Å². The standard InChI is InChI=1S/C26H27F4N7O/c27-19-3-4-21-18(16-19)5-7-37(21)23-17-22(32-25(33-23)36-12-14-38-15-13-36)34-8-10-35(11-9-34)24-20(26(28,29)30)2-1-6-31-24/h1-4,6,16-17H,5,7-15H2. The number of nitrogens with zero attached hydrogens (tertiary/aromatic N) is 7. The Morgan fingerprint density at radius 2 is 1.53 bits per heavy atom. The Bertz CT molecular complexity index is 1310. The number of morpholine rings is 1. The Labute approximate surface area is 217 Å². The number of hydrogen-bond acceptors (Lipinski definition) is 8. The van der Waals surface area contributed by atoms with Crippen LogP contribution in [0.15, 0.2) is 42.6 Å². The molecule has 2 fully saturated rings. The number of alkyl halides is 3.